The van der Waals surface area contributed by atoms with Crippen molar-refractivity contribution in [3.8, 4) is 5.75 Å². The Morgan fingerprint density at radius 2 is 1.86 bits per heavy atom. The quantitative estimate of drug-likeness (QED) is 0.686. The van der Waals surface area contributed by atoms with Crippen molar-refractivity contribution >= 4 is 5.96 Å². The van der Waals surface area contributed by atoms with Gasteiger partial charge in [-0.15, -0.1) is 13.2 Å². The highest BCUT2D eigenvalue weighted by Crippen LogP contribution is 2.26. The summed E-state index contributed by atoms with van der Waals surface area (Å²) in [6.45, 7) is 2.12. The monoisotopic (exact) mass is 315 g/mol. The zero-order chi connectivity index (χ0) is 16.0. The second-order valence-electron chi connectivity index (χ2n) is 5.19. The van der Waals surface area contributed by atoms with Gasteiger partial charge in [0.2, 0.25) is 0 Å². The van der Waals surface area contributed by atoms with Crippen LogP contribution in [0.3, 0.4) is 0 Å². The number of benzene rings is 1. The molecule has 0 radical (unpaired) electrons. The molecule has 0 unspecified atom stereocenters. The average molecular weight is 315 g/mol. The molecule has 1 saturated heterocycles. The molecule has 4 nitrogen and oxygen atoms in total. The summed E-state index contributed by atoms with van der Waals surface area (Å²) in [7, 11) is 0. The molecule has 1 aliphatic heterocycles. The number of nitrogens with zero attached hydrogens (tertiary/aromatic N) is 2. The molecule has 0 spiro atoms. The van der Waals surface area contributed by atoms with Gasteiger partial charge in [0.1, 0.15) is 5.75 Å². The van der Waals surface area contributed by atoms with Gasteiger partial charge in [0.25, 0.3) is 0 Å². The summed E-state index contributed by atoms with van der Waals surface area (Å²) in [5.74, 6) is 0.288. The van der Waals surface area contributed by atoms with Gasteiger partial charge in [-0.2, -0.15) is 0 Å². The minimum atomic E-state index is -4.69. The zero-order valence-electron chi connectivity index (χ0n) is 12.3. The smallest absolute Gasteiger partial charge is 0.406 e. The maximum atomic E-state index is 12.3. The number of aliphatic imine (C=N–C) groups is 1. The lowest BCUT2D eigenvalue weighted by Gasteiger charge is -2.27. The maximum Gasteiger partial charge on any atom is 0.573 e. The minimum Gasteiger partial charge on any atom is -0.406 e. The number of hydrogen-bond donors (Lipinski definition) is 1. The van der Waals surface area contributed by atoms with E-state index in [1.165, 1.54) is 18.6 Å². The molecule has 22 heavy (non-hydrogen) atoms. The summed E-state index contributed by atoms with van der Waals surface area (Å²) in [5.41, 5.74) is 6.38. The fourth-order valence-electron chi connectivity index (χ4n) is 2.45. The second-order valence-corrected chi connectivity index (χ2v) is 5.19. The van der Waals surface area contributed by atoms with Crippen LogP contribution in [0.1, 0.15) is 24.8 Å². The Labute approximate surface area is 127 Å². The molecule has 0 atom stereocenters. The van der Waals surface area contributed by atoms with Gasteiger partial charge in [-0.3, -0.25) is 4.99 Å². The SMILES string of the molecule is NC(=NCCc1ccccc1OC(F)(F)F)N1CCCCC1. The molecule has 1 aromatic carbocycles. The number of hydrogen-bond acceptors (Lipinski definition) is 2. The third kappa shape index (κ3) is 5.13. The Morgan fingerprint density at radius 3 is 2.55 bits per heavy atom. The Hall–Kier alpha value is -1.92. The molecule has 0 aliphatic carbocycles. The van der Waals surface area contributed by atoms with Crippen molar-refractivity contribution in [1.29, 1.82) is 0 Å². The van der Waals surface area contributed by atoms with Gasteiger partial charge >= 0.3 is 6.36 Å². The minimum absolute atomic E-state index is 0.179. The molecule has 2 N–H and O–H groups in total. The van der Waals surface area contributed by atoms with Crippen molar-refractivity contribution in [3.05, 3.63) is 29.8 Å². The topological polar surface area (TPSA) is 50.9 Å². The lowest BCUT2D eigenvalue weighted by atomic mass is 10.1. The summed E-state index contributed by atoms with van der Waals surface area (Å²) in [5, 5.41) is 0. The number of para-hydroxylation sites is 1. The number of alkyl halides is 3. The highest BCUT2D eigenvalue weighted by molar-refractivity contribution is 5.78. The van der Waals surface area contributed by atoms with Crippen LogP contribution in [0, 0.1) is 0 Å². The Bertz CT molecular complexity index is 511. The van der Waals surface area contributed by atoms with Crippen LogP contribution in [0.4, 0.5) is 13.2 Å². The summed E-state index contributed by atoms with van der Waals surface area (Å²) < 4.78 is 41.0. The van der Waals surface area contributed by atoms with E-state index in [2.05, 4.69) is 9.73 Å². The van der Waals surface area contributed by atoms with Gasteiger partial charge in [0.05, 0.1) is 0 Å². The van der Waals surface area contributed by atoms with Crippen molar-refractivity contribution in [2.24, 2.45) is 10.7 Å². The fourth-order valence-corrected chi connectivity index (χ4v) is 2.45. The van der Waals surface area contributed by atoms with Crippen LogP contribution in [0.5, 0.6) is 5.75 Å². The molecule has 1 heterocycles. The third-order valence-corrected chi connectivity index (χ3v) is 3.53. The van der Waals surface area contributed by atoms with E-state index in [-0.39, 0.29) is 5.75 Å². The van der Waals surface area contributed by atoms with Gasteiger partial charge in [-0.25, -0.2) is 0 Å². The van der Waals surface area contributed by atoms with Gasteiger partial charge in [0, 0.05) is 19.6 Å². The Morgan fingerprint density at radius 1 is 1.18 bits per heavy atom. The number of halogens is 3. The lowest BCUT2D eigenvalue weighted by Crippen LogP contribution is -2.41. The third-order valence-electron chi connectivity index (χ3n) is 3.53. The molecule has 0 saturated carbocycles. The highest BCUT2D eigenvalue weighted by Gasteiger charge is 2.31. The Kier molecular flexibility index (Phi) is 5.51. The fraction of sp³-hybridized carbons (Fsp3) is 0.533. The predicted molar refractivity (Wildman–Crippen MR) is 78.7 cm³/mol. The van der Waals surface area contributed by atoms with Crippen LogP contribution in [0.15, 0.2) is 29.3 Å². The van der Waals surface area contributed by atoms with E-state index in [9.17, 15) is 13.2 Å². The van der Waals surface area contributed by atoms with Crippen molar-refractivity contribution in [2.75, 3.05) is 19.6 Å². The first kappa shape index (κ1) is 16.5. The molecule has 0 bridgehead atoms. The molecule has 2 rings (SSSR count). The number of guanidine groups is 1. The molecule has 1 aliphatic rings. The molecule has 1 fully saturated rings. The number of rotatable bonds is 4. The van der Waals surface area contributed by atoms with Gasteiger partial charge in [-0.05, 0) is 37.3 Å². The van der Waals surface area contributed by atoms with E-state index in [4.69, 9.17) is 5.73 Å². The van der Waals surface area contributed by atoms with Crippen LogP contribution in [0.25, 0.3) is 0 Å². The normalized spacial score (nSPS) is 16.7. The van der Waals surface area contributed by atoms with E-state index in [0.29, 0.717) is 24.5 Å². The van der Waals surface area contributed by atoms with Gasteiger partial charge in [-0.1, -0.05) is 18.2 Å². The number of ether oxygens (including phenoxy) is 1. The first-order chi connectivity index (χ1) is 10.5. The van der Waals surface area contributed by atoms with Crippen LogP contribution in [-0.4, -0.2) is 36.9 Å². The van der Waals surface area contributed by atoms with Crippen molar-refractivity contribution < 1.29 is 17.9 Å². The first-order valence-electron chi connectivity index (χ1n) is 7.34. The summed E-state index contributed by atoms with van der Waals surface area (Å²) in [6, 6.07) is 6.10. The van der Waals surface area contributed by atoms with Crippen molar-refractivity contribution in [3.63, 3.8) is 0 Å². The van der Waals surface area contributed by atoms with E-state index in [0.717, 1.165) is 25.9 Å². The predicted octanol–water partition coefficient (Wildman–Crippen LogP) is 2.93. The summed E-state index contributed by atoms with van der Waals surface area (Å²) in [6.07, 6.45) is -0.949. The van der Waals surface area contributed by atoms with Crippen LogP contribution in [-0.2, 0) is 6.42 Å². The zero-order valence-corrected chi connectivity index (χ0v) is 12.3. The second kappa shape index (κ2) is 7.38. The first-order valence-corrected chi connectivity index (χ1v) is 7.34. The van der Waals surface area contributed by atoms with Crippen molar-refractivity contribution in [1.82, 2.24) is 4.90 Å². The van der Waals surface area contributed by atoms with Gasteiger partial charge < -0.3 is 15.4 Å². The molecule has 122 valence electrons. The van der Waals surface area contributed by atoms with Crippen LogP contribution in [0.2, 0.25) is 0 Å². The molecular weight excluding hydrogens is 295 g/mol. The van der Waals surface area contributed by atoms with E-state index in [1.807, 2.05) is 4.90 Å². The van der Waals surface area contributed by atoms with E-state index >= 15 is 0 Å². The maximum absolute atomic E-state index is 12.3. The average Bonchev–Trinajstić information content (AvgIpc) is 2.48. The molecular formula is C15H20F3N3O. The highest BCUT2D eigenvalue weighted by atomic mass is 19.4. The van der Waals surface area contributed by atoms with E-state index in [1.54, 1.807) is 12.1 Å². The molecule has 0 amide bonds. The molecule has 0 aromatic heterocycles. The molecule has 7 heteroatoms. The standard InChI is InChI=1S/C15H20F3N3O/c16-15(17,18)22-13-7-3-2-6-12(13)8-9-20-14(19)21-10-4-1-5-11-21/h2-3,6-7H,1,4-5,8-11H2,(H2,19,20). The van der Waals surface area contributed by atoms with E-state index < -0.39 is 6.36 Å². The van der Waals surface area contributed by atoms with Gasteiger partial charge in [0.15, 0.2) is 5.96 Å². The van der Waals surface area contributed by atoms with Crippen LogP contribution >= 0.6 is 0 Å². The van der Waals surface area contributed by atoms with Crippen LogP contribution < -0.4 is 10.5 Å². The number of likely N-dealkylation sites (tertiary alicyclic amines) is 1. The number of nitrogens with two attached hydrogens (primary N) is 1. The summed E-state index contributed by atoms with van der Waals surface area (Å²) in [4.78, 5) is 6.28. The number of piperidine rings is 1. The Balaban J connectivity index is 1.93. The summed E-state index contributed by atoms with van der Waals surface area (Å²) >= 11 is 0. The molecule has 1 aromatic rings. The lowest BCUT2D eigenvalue weighted by molar-refractivity contribution is -0.274. The largest absolute Gasteiger partial charge is 0.573 e. The van der Waals surface area contributed by atoms with Crippen molar-refractivity contribution in [2.45, 2.75) is 32.0 Å².